The van der Waals surface area contributed by atoms with E-state index in [1.807, 2.05) is 6.08 Å². The Bertz CT molecular complexity index is 1450. The molecule has 2 aliphatic heterocycles. The Balaban J connectivity index is 1.68. The monoisotopic (exact) mass is 1110 g/mol. The molecule has 0 aliphatic carbocycles. The fraction of sp³-hybridized carbons (Fsp3) is 0.891. The van der Waals surface area contributed by atoms with E-state index < -0.39 is 86.8 Å². The number of carbonyl (C=O) groups excluding carboxylic acids is 1. The molecule has 12 atom stereocenters. The first kappa shape index (κ1) is 72.3. The largest absolute Gasteiger partial charge is 0.394 e. The molecule has 0 spiro atoms. The molecule has 2 heterocycles. The van der Waals surface area contributed by atoms with Crippen LogP contribution >= 0.6 is 0 Å². The van der Waals surface area contributed by atoms with Gasteiger partial charge in [0.1, 0.15) is 48.8 Å². The summed E-state index contributed by atoms with van der Waals surface area (Å²) in [6.07, 6.45) is 44.9. The van der Waals surface area contributed by atoms with E-state index in [0.29, 0.717) is 12.8 Å². The van der Waals surface area contributed by atoms with Crippen molar-refractivity contribution in [2.75, 3.05) is 19.8 Å². The van der Waals surface area contributed by atoms with Crippen molar-refractivity contribution in [2.45, 2.75) is 344 Å². The lowest BCUT2D eigenvalue weighted by Crippen LogP contribution is -2.65. The lowest BCUT2D eigenvalue weighted by molar-refractivity contribution is -0.359. The second kappa shape index (κ2) is 49.8. The minimum absolute atomic E-state index is 0.246. The Morgan fingerprint density at radius 1 is 0.449 bits per heavy atom. The summed E-state index contributed by atoms with van der Waals surface area (Å²) in [6, 6.07) is -0.929. The van der Waals surface area contributed by atoms with E-state index in [2.05, 4.69) is 43.5 Å². The van der Waals surface area contributed by atoms with E-state index in [4.69, 9.17) is 18.9 Å². The molecule has 1 amide bonds. The minimum Gasteiger partial charge on any atom is -0.394 e. The van der Waals surface area contributed by atoms with Crippen molar-refractivity contribution in [1.82, 2.24) is 5.32 Å². The lowest BCUT2D eigenvalue weighted by atomic mass is 9.97. The third-order valence-corrected chi connectivity index (χ3v) is 15.8. The zero-order valence-electron chi connectivity index (χ0n) is 49.4. The topological polar surface area (TPSA) is 228 Å². The second-order valence-corrected chi connectivity index (χ2v) is 22.9. The molecule has 2 aliphatic rings. The first-order valence-electron chi connectivity index (χ1n) is 32.2. The van der Waals surface area contributed by atoms with Crippen LogP contribution in [0.15, 0.2) is 36.5 Å². The van der Waals surface area contributed by atoms with Crippen LogP contribution in [0.3, 0.4) is 0 Å². The van der Waals surface area contributed by atoms with E-state index in [1.54, 1.807) is 6.08 Å². The summed E-state index contributed by atoms with van der Waals surface area (Å²) < 4.78 is 22.8. The molecule has 0 bridgehead atoms. The van der Waals surface area contributed by atoms with Gasteiger partial charge in [-0.15, -0.1) is 0 Å². The SMILES string of the molecule is CCCCCCCCCC/C=C\CCCCCCCCCCCCCCCCCCCC(=O)NC(COC1OC(CO)C(OC2OC(CO)C(O)C(O)C2O)C(O)C1O)C(O)/C=C/CC/C=C/CCCCCCCCCCC. The molecule has 0 aromatic rings. The number of rotatable bonds is 52. The number of hydrogen-bond acceptors (Lipinski definition) is 13. The number of aliphatic hydroxyl groups is 8. The predicted octanol–water partition coefficient (Wildman–Crippen LogP) is 11.8. The van der Waals surface area contributed by atoms with Crippen LogP contribution in [-0.2, 0) is 23.7 Å². The van der Waals surface area contributed by atoms with Crippen molar-refractivity contribution in [3.8, 4) is 0 Å². The number of nitrogens with one attached hydrogen (secondary N) is 1. The van der Waals surface area contributed by atoms with Crippen molar-refractivity contribution < 1.29 is 64.6 Å². The van der Waals surface area contributed by atoms with Gasteiger partial charge in [0.05, 0.1) is 32.0 Å². The van der Waals surface area contributed by atoms with Gasteiger partial charge in [-0.1, -0.05) is 243 Å². The van der Waals surface area contributed by atoms with E-state index >= 15 is 0 Å². The summed E-state index contributed by atoms with van der Waals surface area (Å²) in [5.41, 5.74) is 0. The van der Waals surface area contributed by atoms with Gasteiger partial charge in [0.25, 0.3) is 0 Å². The summed E-state index contributed by atoms with van der Waals surface area (Å²) in [6.45, 7) is 2.80. The number of hydrogen-bond donors (Lipinski definition) is 9. The molecule has 0 aromatic carbocycles. The van der Waals surface area contributed by atoms with Crippen molar-refractivity contribution in [3.63, 3.8) is 0 Å². The maximum Gasteiger partial charge on any atom is 0.220 e. The van der Waals surface area contributed by atoms with Gasteiger partial charge in [0, 0.05) is 6.42 Å². The number of aliphatic hydroxyl groups excluding tert-OH is 8. The van der Waals surface area contributed by atoms with Crippen LogP contribution in [0.4, 0.5) is 0 Å². The molecule has 2 saturated heterocycles. The number of amides is 1. The molecule has 14 heteroatoms. The Kier molecular flexibility index (Phi) is 46.2. The quantitative estimate of drug-likeness (QED) is 0.0204. The summed E-state index contributed by atoms with van der Waals surface area (Å²) in [4.78, 5) is 13.3. The van der Waals surface area contributed by atoms with Gasteiger partial charge in [0.2, 0.25) is 5.91 Å². The van der Waals surface area contributed by atoms with Crippen molar-refractivity contribution in [3.05, 3.63) is 36.5 Å². The van der Waals surface area contributed by atoms with Crippen LogP contribution in [0.1, 0.15) is 271 Å². The minimum atomic E-state index is -1.79. The fourth-order valence-electron chi connectivity index (χ4n) is 10.6. The Hall–Kier alpha value is -1.79. The van der Waals surface area contributed by atoms with Gasteiger partial charge in [-0.3, -0.25) is 4.79 Å². The standard InChI is InChI=1S/C64H119NO13/c1-3-5-7-9-11-13-15-17-19-20-21-22-23-24-25-26-27-28-29-30-31-32-34-36-38-40-42-44-46-48-56(69)65-52(53(68)47-45-43-41-39-37-35-33-18-16-14-12-10-8-6-4-2)51-75-63-61(74)59(72)62(55(50-67)77-63)78-64-60(73)58(71)57(70)54(49-66)76-64/h20-21,37,39,45,47,52-55,57-64,66-68,70-74H,3-19,22-36,38,40-44,46,48-51H2,1-2H3,(H,65,69)/b21-20-,39-37+,47-45+. The molecule has 0 saturated carbocycles. The average Bonchev–Trinajstić information content (AvgIpc) is 3.47. The summed E-state index contributed by atoms with van der Waals surface area (Å²) >= 11 is 0. The first-order valence-corrected chi connectivity index (χ1v) is 32.2. The third-order valence-electron chi connectivity index (χ3n) is 15.8. The van der Waals surface area contributed by atoms with Gasteiger partial charge in [-0.2, -0.15) is 0 Å². The third kappa shape index (κ3) is 34.6. The van der Waals surface area contributed by atoms with E-state index in [9.17, 15) is 45.6 Å². The molecule has 9 N–H and O–H groups in total. The second-order valence-electron chi connectivity index (χ2n) is 22.9. The van der Waals surface area contributed by atoms with Crippen molar-refractivity contribution in [1.29, 1.82) is 0 Å². The molecule has 2 rings (SSSR count). The van der Waals surface area contributed by atoms with Crippen LogP contribution in [0, 0.1) is 0 Å². The van der Waals surface area contributed by atoms with E-state index in [-0.39, 0.29) is 18.9 Å². The normalized spacial score (nSPS) is 24.7. The van der Waals surface area contributed by atoms with Crippen LogP contribution in [0.25, 0.3) is 0 Å². The molecular formula is C64H119NO13. The molecule has 78 heavy (non-hydrogen) atoms. The lowest BCUT2D eigenvalue weighted by Gasteiger charge is -2.46. The van der Waals surface area contributed by atoms with Crippen LogP contribution in [0.5, 0.6) is 0 Å². The number of allylic oxidation sites excluding steroid dienone is 5. The highest BCUT2D eigenvalue weighted by Crippen LogP contribution is 2.30. The number of unbranched alkanes of at least 4 members (excludes halogenated alkanes) is 35. The fourth-order valence-corrected chi connectivity index (χ4v) is 10.6. The van der Waals surface area contributed by atoms with Crippen molar-refractivity contribution in [2.24, 2.45) is 0 Å². The number of ether oxygens (including phenoxy) is 4. The van der Waals surface area contributed by atoms with Gasteiger partial charge in [-0.25, -0.2) is 0 Å². The average molecular weight is 1110 g/mol. The molecule has 12 unspecified atom stereocenters. The van der Waals surface area contributed by atoms with Crippen molar-refractivity contribution >= 4 is 5.91 Å². The predicted molar refractivity (Wildman–Crippen MR) is 314 cm³/mol. The summed E-state index contributed by atoms with van der Waals surface area (Å²) in [5.74, 6) is -0.246. The maximum atomic E-state index is 13.3. The Morgan fingerprint density at radius 3 is 1.26 bits per heavy atom. The van der Waals surface area contributed by atoms with Gasteiger partial charge < -0.3 is 65.1 Å². The molecule has 458 valence electrons. The highest BCUT2D eigenvalue weighted by atomic mass is 16.7. The van der Waals surface area contributed by atoms with Gasteiger partial charge in [0.15, 0.2) is 12.6 Å². The van der Waals surface area contributed by atoms with Crippen LogP contribution in [-0.4, -0.2) is 140 Å². The molecule has 0 aromatic heterocycles. The van der Waals surface area contributed by atoms with Gasteiger partial charge in [-0.05, 0) is 57.8 Å². The maximum absolute atomic E-state index is 13.3. The zero-order chi connectivity index (χ0) is 56.7. The van der Waals surface area contributed by atoms with E-state index in [0.717, 1.165) is 32.1 Å². The highest BCUT2D eigenvalue weighted by Gasteiger charge is 2.51. The summed E-state index contributed by atoms with van der Waals surface area (Å²) in [7, 11) is 0. The Labute approximate surface area is 474 Å². The van der Waals surface area contributed by atoms with Crippen LogP contribution in [0.2, 0.25) is 0 Å². The summed E-state index contributed by atoms with van der Waals surface area (Å²) in [5, 5.41) is 87.1. The molecular weight excluding hydrogens is 991 g/mol. The Morgan fingerprint density at radius 2 is 0.821 bits per heavy atom. The van der Waals surface area contributed by atoms with Crippen LogP contribution < -0.4 is 5.32 Å². The number of carbonyl (C=O) groups is 1. The highest BCUT2D eigenvalue weighted by molar-refractivity contribution is 5.76. The van der Waals surface area contributed by atoms with E-state index in [1.165, 1.54) is 205 Å². The smallest absolute Gasteiger partial charge is 0.220 e. The first-order chi connectivity index (χ1) is 38.1. The van der Waals surface area contributed by atoms with Gasteiger partial charge >= 0.3 is 0 Å². The molecule has 0 radical (unpaired) electrons. The molecule has 2 fully saturated rings. The molecule has 14 nitrogen and oxygen atoms in total. The zero-order valence-corrected chi connectivity index (χ0v) is 49.4.